The Balaban J connectivity index is 1.93. The van der Waals surface area contributed by atoms with Gasteiger partial charge in [-0.2, -0.15) is 11.8 Å². The van der Waals surface area contributed by atoms with Gasteiger partial charge in [0.25, 0.3) is 0 Å². The first-order valence-electron chi connectivity index (χ1n) is 10.3. The summed E-state index contributed by atoms with van der Waals surface area (Å²) in [7, 11) is 0. The summed E-state index contributed by atoms with van der Waals surface area (Å²) in [6.07, 6.45) is 14.6. The highest BCUT2D eigenvalue weighted by Gasteiger charge is 2.34. The number of hydrogen-bond acceptors (Lipinski definition) is 3. The molecule has 2 nitrogen and oxygen atoms in total. The fourth-order valence-electron chi connectivity index (χ4n) is 4.10. The lowest BCUT2D eigenvalue weighted by Gasteiger charge is -2.22. The van der Waals surface area contributed by atoms with E-state index in [1.807, 2.05) is 11.8 Å². The molecule has 0 saturated heterocycles. The second-order valence-electron chi connectivity index (χ2n) is 7.61. The van der Waals surface area contributed by atoms with Gasteiger partial charge in [-0.25, -0.2) is 0 Å². The number of benzene rings is 1. The van der Waals surface area contributed by atoms with Crippen LogP contribution in [-0.4, -0.2) is 28.3 Å². The third kappa shape index (κ3) is 6.44. The topological polar surface area (TPSA) is 40.5 Å². The van der Waals surface area contributed by atoms with Gasteiger partial charge in [0.15, 0.2) is 0 Å². The van der Waals surface area contributed by atoms with Crippen molar-refractivity contribution in [2.24, 2.45) is 5.92 Å². The number of unbranched alkanes of at least 4 members (excludes halogenated alkanes) is 3. The van der Waals surface area contributed by atoms with E-state index in [4.69, 9.17) is 0 Å². The maximum Gasteiger partial charge on any atom is 0.0790 e. The lowest BCUT2D eigenvalue weighted by molar-refractivity contribution is 0.129. The van der Waals surface area contributed by atoms with E-state index in [1.165, 1.54) is 24.8 Å². The molecule has 4 unspecified atom stereocenters. The van der Waals surface area contributed by atoms with Crippen LogP contribution >= 0.6 is 11.8 Å². The van der Waals surface area contributed by atoms with Crippen molar-refractivity contribution >= 4 is 11.8 Å². The Hall–Kier alpha value is -0.770. The van der Waals surface area contributed by atoms with Gasteiger partial charge in [0.05, 0.1) is 12.2 Å². The molecule has 4 atom stereocenters. The van der Waals surface area contributed by atoms with Gasteiger partial charge >= 0.3 is 0 Å². The zero-order valence-corrected chi connectivity index (χ0v) is 17.3. The van der Waals surface area contributed by atoms with Crippen molar-refractivity contribution in [3.05, 3.63) is 47.5 Å². The molecule has 2 N–H and O–H groups in total. The summed E-state index contributed by atoms with van der Waals surface area (Å²) in [4.78, 5) is 0. The Kier molecular flexibility index (Phi) is 9.80. The lowest BCUT2D eigenvalue weighted by atomic mass is 9.85. The van der Waals surface area contributed by atoms with E-state index < -0.39 is 0 Å². The Morgan fingerprint density at radius 2 is 1.88 bits per heavy atom. The van der Waals surface area contributed by atoms with Crippen molar-refractivity contribution in [3.8, 4) is 0 Å². The number of aliphatic hydroxyl groups is 2. The van der Waals surface area contributed by atoms with Crippen LogP contribution in [0.25, 0.3) is 0 Å². The molecule has 0 heterocycles. The van der Waals surface area contributed by atoms with Gasteiger partial charge < -0.3 is 10.2 Å². The number of thioether (sulfide) groups is 1. The predicted octanol–water partition coefficient (Wildman–Crippen LogP) is 5.85. The molecule has 1 aliphatic carbocycles. The van der Waals surface area contributed by atoms with Crippen LogP contribution in [0.15, 0.2) is 36.4 Å². The summed E-state index contributed by atoms with van der Waals surface area (Å²) in [5.74, 6) is 1.79. The van der Waals surface area contributed by atoms with Crippen molar-refractivity contribution in [2.45, 2.75) is 76.4 Å². The third-order valence-corrected chi connectivity index (χ3v) is 6.23. The molecule has 2 rings (SSSR count). The first-order valence-corrected chi connectivity index (χ1v) is 11.7. The summed E-state index contributed by atoms with van der Waals surface area (Å²) < 4.78 is 0. The van der Waals surface area contributed by atoms with E-state index in [2.05, 4.69) is 49.6 Å². The number of allylic oxidation sites excluding steroid dienone is 1. The standard InChI is InChI=1S/C23H36O2S/c1-3-4-5-6-10-22(24)19-13-11-18(12-14-19)20-15-16-23(25)21(20)9-7-8-17-26-2/h7-8,11-14,20-25H,3-6,9-10,15-17H2,1-2H3/b8-7-. The van der Waals surface area contributed by atoms with Crippen LogP contribution in [0.3, 0.4) is 0 Å². The molecule has 26 heavy (non-hydrogen) atoms. The molecule has 0 amide bonds. The van der Waals surface area contributed by atoms with Crippen LogP contribution in [0.1, 0.15) is 81.4 Å². The number of rotatable bonds is 11. The quantitative estimate of drug-likeness (QED) is 0.376. The normalized spacial score (nSPS) is 24.4. The number of aliphatic hydroxyl groups excluding tert-OH is 2. The SMILES string of the molecule is CCCCCCC(O)c1ccc(C2CCC(O)C2C/C=C\CSC)cc1. The average Bonchev–Trinajstić information content (AvgIpc) is 3.03. The highest BCUT2D eigenvalue weighted by Crippen LogP contribution is 2.42. The molecule has 0 bridgehead atoms. The molecule has 1 aromatic rings. The zero-order valence-electron chi connectivity index (χ0n) is 16.4. The molecule has 1 aliphatic rings. The molecular formula is C23H36O2S. The minimum atomic E-state index is -0.347. The maximum atomic E-state index is 10.4. The summed E-state index contributed by atoms with van der Waals surface area (Å²) in [5.41, 5.74) is 2.34. The van der Waals surface area contributed by atoms with Crippen LogP contribution < -0.4 is 0 Å². The molecule has 1 saturated carbocycles. The van der Waals surface area contributed by atoms with E-state index in [-0.39, 0.29) is 12.2 Å². The van der Waals surface area contributed by atoms with Crippen molar-refractivity contribution < 1.29 is 10.2 Å². The summed E-state index contributed by atoms with van der Waals surface area (Å²) in [6, 6.07) is 8.52. The van der Waals surface area contributed by atoms with Gasteiger partial charge in [0, 0.05) is 5.75 Å². The molecule has 3 heteroatoms. The van der Waals surface area contributed by atoms with Crippen LogP contribution in [0, 0.1) is 5.92 Å². The molecule has 0 aliphatic heterocycles. The fourth-order valence-corrected chi connectivity index (χ4v) is 4.42. The van der Waals surface area contributed by atoms with Crippen molar-refractivity contribution in [1.29, 1.82) is 0 Å². The Morgan fingerprint density at radius 3 is 2.58 bits per heavy atom. The summed E-state index contributed by atoms with van der Waals surface area (Å²) >= 11 is 1.82. The van der Waals surface area contributed by atoms with Crippen LogP contribution in [0.4, 0.5) is 0 Å². The Labute approximate surface area is 164 Å². The predicted molar refractivity (Wildman–Crippen MR) is 114 cm³/mol. The van der Waals surface area contributed by atoms with E-state index in [9.17, 15) is 10.2 Å². The van der Waals surface area contributed by atoms with Crippen LogP contribution in [-0.2, 0) is 0 Å². The minimum absolute atomic E-state index is 0.192. The zero-order chi connectivity index (χ0) is 18.8. The average molecular weight is 377 g/mol. The summed E-state index contributed by atoms with van der Waals surface area (Å²) in [6.45, 7) is 2.21. The summed E-state index contributed by atoms with van der Waals surface area (Å²) in [5, 5.41) is 20.8. The smallest absolute Gasteiger partial charge is 0.0790 e. The molecule has 146 valence electrons. The maximum absolute atomic E-state index is 10.4. The molecule has 0 spiro atoms. The molecule has 1 fully saturated rings. The highest BCUT2D eigenvalue weighted by atomic mass is 32.2. The van der Waals surface area contributed by atoms with Crippen molar-refractivity contribution in [3.63, 3.8) is 0 Å². The second kappa shape index (κ2) is 11.8. The molecule has 0 radical (unpaired) electrons. The van der Waals surface area contributed by atoms with Gasteiger partial charge in [-0.15, -0.1) is 0 Å². The van der Waals surface area contributed by atoms with Gasteiger partial charge in [0.2, 0.25) is 0 Å². The third-order valence-electron chi connectivity index (χ3n) is 5.70. The van der Waals surface area contributed by atoms with Crippen LogP contribution in [0.2, 0.25) is 0 Å². The minimum Gasteiger partial charge on any atom is -0.393 e. The van der Waals surface area contributed by atoms with Gasteiger partial charge in [0.1, 0.15) is 0 Å². The Bertz CT molecular complexity index is 526. The second-order valence-corrected chi connectivity index (χ2v) is 8.52. The van der Waals surface area contributed by atoms with E-state index in [1.54, 1.807) is 0 Å². The number of hydrogen-bond donors (Lipinski definition) is 2. The van der Waals surface area contributed by atoms with Crippen molar-refractivity contribution in [2.75, 3.05) is 12.0 Å². The van der Waals surface area contributed by atoms with Gasteiger partial charge in [-0.1, -0.05) is 69.0 Å². The first kappa shape index (κ1) is 21.5. The van der Waals surface area contributed by atoms with Gasteiger partial charge in [-0.3, -0.25) is 0 Å². The molecule has 1 aromatic carbocycles. The highest BCUT2D eigenvalue weighted by molar-refractivity contribution is 7.98. The monoisotopic (exact) mass is 376 g/mol. The van der Waals surface area contributed by atoms with Crippen molar-refractivity contribution in [1.82, 2.24) is 0 Å². The largest absolute Gasteiger partial charge is 0.393 e. The van der Waals surface area contributed by atoms with Crippen LogP contribution in [0.5, 0.6) is 0 Å². The van der Waals surface area contributed by atoms with E-state index in [0.717, 1.165) is 43.4 Å². The molecule has 0 aromatic heterocycles. The molecular weight excluding hydrogens is 340 g/mol. The first-order chi connectivity index (χ1) is 12.7. The lowest BCUT2D eigenvalue weighted by Crippen LogP contribution is -2.17. The Morgan fingerprint density at radius 1 is 1.12 bits per heavy atom. The van der Waals surface area contributed by atoms with E-state index >= 15 is 0 Å². The fraction of sp³-hybridized carbons (Fsp3) is 0.652. The van der Waals surface area contributed by atoms with E-state index in [0.29, 0.717) is 11.8 Å². The van der Waals surface area contributed by atoms with Gasteiger partial charge in [-0.05, 0) is 54.9 Å².